The van der Waals surface area contributed by atoms with E-state index in [4.69, 9.17) is 4.43 Å². The average molecular weight is 334 g/mol. The first-order valence-electron chi connectivity index (χ1n) is 5.56. The number of nitrogens with one attached hydrogen (secondary N) is 1. The van der Waals surface area contributed by atoms with Crippen LogP contribution in [0.4, 0.5) is 5.82 Å². The van der Waals surface area contributed by atoms with Gasteiger partial charge in [-0.05, 0) is 35.6 Å². The summed E-state index contributed by atoms with van der Waals surface area (Å²) in [5, 5.41) is 0. The van der Waals surface area contributed by atoms with Gasteiger partial charge in [0, 0.05) is 0 Å². The molecule has 1 rings (SSSR count). The third kappa shape index (κ3) is 5.64. The summed E-state index contributed by atoms with van der Waals surface area (Å²) in [6.07, 6.45) is 1.74. The first kappa shape index (κ1) is 14.7. The third-order valence-corrected chi connectivity index (χ3v) is 3.97. The zero-order valence-electron chi connectivity index (χ0n) is 11.3. The molecule has 0 aromatic carbocycles. The van der Waals surface area contributed by atoms with Crippen LogP contribution in [0.2, 0.25) is 39.3 Å². The summed E-state index contributed by atoms with van der Waals surface area (Å²) in [6, 6.07) is 0.466. The lowest BCUT2D eigenvalue weighted by Crippen LogP contribution is -2.34. The van der Waals surface area contributed by atoms with Crippen LogP contribution in [0.15, 0.2) is 10.7 Å². The number of halogens is 1. The van der Waals surface area contributed by atoms with E-state index in [9.17, 15) is 0 Å². The minimum atomic E-state index is -1.65. The van der Waals surface area contributed by atoms with E-state index in [1.165, 1.54) is 0 Å². The van der Waals surface area contributed by atoms with Crippen LogP contribution in [0.5, 0.6) is 6.01 Å². The monoisotopic (exact) mass is 333 g/mol. The predicted octanol–water partition coefficient (Wildman–Crippen LogP) is 3.70. The summed E-state index contributed by atoms with van der Waals surface area (Å²) in [7, 11) is -3.08. The summed E-state index contributed by atoms with van der Waals surface area (Å²) in [5.74, 6) is 0.826. The fourth-order valence-electron chi connectivity index (χ4n) is 1.12. The fraction of sp³-hybridized carbons (Fsp3) is 0.600. The van der Waals surface area contributed by atoms with E-state index in [2.05, 4.69) is 70.2 Å². The van der Waals surface area contributed by atoms with E-state index in [1.54, 1.807) is 6.20 Å². The Bertz CT molecular complexity index is 402. The number of aromatic nitrogens is 2. The zero-order valence-corrected chi connectivity index (χ0v) is 14.8. The molecule has 1 aromatic heterocycles. The van der Waals surface area contributed by atoms with Crippen molar-refractivity contribution in [3.63, 3.8) is 0 Å². The Hall–Kier alpha value is -0.406. The van der Waals surface area contributed by atoms with Gasteiger partial charge in [-0.15, -0.1) is 0 Å². The number of rotatable bonds is 4. The van der Waals surface area contributed by atoms with Crippen LogP contribution in [0.3, 0.4) is 0 Å². The van der Waals surface area contributed by atoms with Crippen molar-refractivity contribution in [2.24, 2.45) is 0 Å². The highest BCUT2D eigenvalue weighted by Crippen LogP contribution is 2.24. The lowest BCUT2D eigenvalue weighted by atomic mass is 10.6. The maximum Gasteiger partial charge on any atom is 0.304 e. The van der Waals surface area contributed by atoms with Gasteiger partial charge in [0.1, 0.15) is 14.1 Å². The molecular weight excluding hydrogens is 314 g/mol. The summed E-state index contributed by atoms with van der Waals surface area (Å²) >= 11 is 3.45. The molecule has 96 valence electrons. The predicted molar refractivity (Wildman–Crippen MR) is 80.7 cm³/mol. The van der Waals surface area contributed by atoms with Crippen molar-refractivity contribution in [2.75, 3.05) is 4.98 Å². The SMILES string of the molecule is C[Si](C)(C)Nc1nc(O[Si](C)(C)C)ncc1Br. The quantitative estimate of drug-likeness (QED) is 0.853. The molecule has 4 nitrogen and oxygen atoms in total. The van der Waals surface area contributed by atoms with Crippen molar-refractivity contribution in [1.82, 2.24) is 9.97 Å². The molecule has 0 saturated carbocycles. The number of hydrogen-bond acceptors (Lipinski definition) is 4. The highest BCUT2D eigenvalue weighted by molar-refractivity contribution is 9.10. The molecule has 7 heteroatoms. The van der Waals surface area contributed by atoms with Crippen molar-refractivity contribution in [3.8, 4) is 6.01 Å². The van der Waals surface area contributed by atoms with Crippen LogP contribution in [0, 0.1) is 0 Å². The molecule has 1 N–H and O–H groups in total. The van der Waals surface area contributed by atoms with Gasteiger partial charge < -0.3 is 9.41 Å². The van der Waals surface area contributed by atoms with Crippen LogP contribution in [0.1, 0.15) is 0 Å². The second-order valence-electron chi connectivity index (χ2n) is 5.94. The molecule has 1 heterocycles. The maximum absolute atomic E-state index is 5.78. The lowest BCUT2D eigenvalue weighted by Gasteiger charge is -2.21. The largest absolute Gasteiger partial charge is 0.518 e. The van der Waals surface area contributed by atoms with Crippen molar-refractivity contribution in [3.05, 3.63) is 10.7 Å². The molecule has 0 atom stereocenters. The van der Waals surface area contributed by atoms with Gasteiger partial charge in [-0.3, -0.25) is 0 Å². The second-order valence-corrected chi connectivity index (χ2v) is 16.0. The Morgan fingerprint density at radius 3 is 2.24 bits per heavy atom. The van der Waals surface area contributed by atoms with Gasteiger partial charge in [-0.25, -0.2) is 4.98 Å². The fourth-order valence-corrected chi connectivity index (χ4v) is 3.14. The Balaban J connectivity index is 2.95. The number of nitrogens with zero attached hydrogens (tertiary/aromatic N) is 2. The summed E-state index contributed by atoms with van der Waals surface area (Å²) in [5.41, 5.74) is 0. The Kier molecular flexibility index (Phi) is 4.37. The first-order chi connectivity index (χ1) is 7.57. The normalized spacial score (nSPS) is 12.4. The Labute approximate surface area is 114 Å². The van der Waals surface area contributed by atoms with E-state index < -0.39 is 16.6 Å². The van der Waals surface area contributed by atoms with E-state index in [-0.39, 0.29) is 0 Å². The van der Waals surface area contributed by atoms with E-state index >= 15 is 0 Å². The number of hydrogen-bond donors (Lipinski definition) is 1. The second kappa shape index (κ2) is 5.07. The molecule has 0 aliphatic rings. The summed E-state index contributed by atoms with van der Waals surface area (Å²) in [6.45, 7) is 13.0. The van der Waals surface area contributed by atoms with Gasteiger partial charge in [0.2, 0.25) is 8.32 Å². The standard InChI is InChI=1S/C10H20BrN3OSi2/c1-16(2,3)14-9-8(11)7-12-10(13-9)15-17(4,5)6/h7H,1-6H3,(H,12,13,14). The zero-order chi connectivity index (χ0) is 13.3. The third-order valence-electron chi connectivity index (χ3n) is 1.61. The van der Waals surface area contributed by atoms with Crippen molar-refractivity contribution < 1.29 is 4.43 Å². The number of anilines is 1. The van der Waals surface area contributed by atoms with Crippen LogP contribution < -0.4 is 9.41 Å². The molecular formula is C10H20BrN3OSi2. The maximum atomic E-state index is 5.78. The van der Waals surface area contributed by atoms with E-state index in [0.717, 1.165) is 10.3 Å². The first-order valence-corrected chi connectivity index (χ1v) is 13.3. The van der Waals surface area contributed by atoms with Crippen molar-refractivity contribution >= 4 is 38.3 Å². The molecule has 0 saturated heterocycles. The lowest BCUT2D eigenvalue weighted by molar-refractivity contribution is 0.510. The van der Waals surface area contributed by atoms with Gasteiger partial charge in [0.25, 0.3) is 0 Å². The van der Waals surface area contributed by atoms with Gasteiger partial charge in [-0.1, -0.05) is 19.6 Å². The summed E-state index contributed by atoms with van der Waals surface area (Å²) in [4.78, 5) is 12.1. The van der Waals surface area contributed by atoms with Crippen LogP contribution >= 0.6 is 15.9 Å². The smallest absolute Gasteiger partial charge is 0.304 e. The van der Waals surface area contributed by atoms with Gasteiger partial charge in [0.05, 0.1) is 10.7 Å². The molecule has 0 unspecified atom stereocenters. The molecule has 0 aliphatic heterocycles. The molecule has 0 fully saturated rings. The highest BCUT2D eigenvalue weighted by Gasteiger charge is 2.20. The topological polar surface area (TPSA) is 47.0 Å². The molecule has 1 aromatic rings. The highest BCUT2D eigenvalue weighted by atomic mass is 79.9. The van der Waals surface area contributed by atoms with E-state index in [0.29, 0.717) is 6.01 Å². The van der Waals surface area contributed by atoms with Gasteiger partial charge >= 0.3 is 6.01 Å². The molecule has 0 amide bonds. The average Bonchev–Trinajstić information content (AvgIpc) is 2.05. The Morgan fingerprint density at radius 1 is 1.18 bits per heavy atom. The van der Waals surface area contributed by atoms with Crippen LogP contribution in [0.25, 0.3) is 0 Å². The van der Waals surface area contributed by atoms with Crippen molar-refractivity contribution in [1.29, 1.82) is 0 Å². The molecule has 0 radical (unpaired) electrons. The van der Waals surface area contributed by atoms with Crippen LogP contribution in [-0.4, -0.2) is 26.5 Å². The van der Waals surface area contributed by atoms with Crippen molar-refractivity contribution in [2.45, 2.75) is 39.3 Å². The molecule has 0 spiro atoms. The van der Waals surface area contributed by atoms with E-state index in [1.807, 2.05) is 0 Å². The minimum Gasteiger partial charge on any atom is -0.518 e. The summed E-state index contributed by atoms with van der Waals surface area (Å²) < 4.78 is 6.66. The molecule has 0 aliphatic carbocycles. The van der Waals surface area contributed by atoms with Crippen LogP contribution in [-0.2, 0) is 0 Å². The van der Waals surface area contributed by atoms with Gasteiger partial charge in [-0.2, -0.15) is 4.98 Å². The Morgan fingerprint density at radius 2 is 1.76 bits per heavy atom. The molecule has 0 bridgehead atoms. The minimum absolute atomic E-state index is 0.466. The van der Waals surface area contributed by atoms with Gasteiger partial charge in [0.15, 0.2) is 0 Å². The molecule has 17 heavy (non-hydrogen) atoms.